The van der Waals surface area contributed by atoms with E-state index in [9.17, 15) is 9.59 Å². The van der Waals surface area contributed by atoms with E-state index in [2.05, 4.69) is 45.0 Å². The molecular formula is C38H71NO6. The summed E-state index contributed by atoms with van der Waals surface area (Å²) < 4.78 is 22.6. The van der Waals surface area contributed by atoms with E-state index in [1.807, 2.05) is 12.2 Å². The van der Waals surface area contributed by atoms with Crippen LogP contribution in [0.15, 0.2) is 24.3 Å². The van der Waals surface area contributed by atoms with Crippen molar-refractivity contribution in [2.45, 2.75) is 155 Å². The first-order chi connectivity index (χ1) is 22.0. The van der Waals surface area contributed by atoms with Gasteiger partial charge in [0.05, 0.1) is 6.10 Å². The van der Waals surface area contributed by atoms with E-state index in [0.29, 0.717) is 32.7 Å². The standard InChI is InChI=1S/C38H71NO6/c1-5-7-9-11-13-17-25-32-44-37(40)27-21-15-19-23-30-42-34-29-36(35-39(3)4)43-31-24-20-16-22-28-38(41)45-33-26-18-14-12-10-8-6-2/h17-18,25-26,36H,5-16,19-24,27-35H2,1-4H3. The highest BCUT2D eigenvalue weighted by Crippen LogP contribution is 2.09. The van der Waals surface area contributed by atoms with Gasteiger partial charge in [-0.25, -0.2) is 0 Å². The van der Waals surface area contributed by atoms with Crippen LogP contribution in [0.25, 0.3) is 0 Å². The topological polar surface area (TPSA) is 74.3 Å². The Balaban J connectivity index is 3.68. The van der Waals surface area contributed by atoms with Gasteiger partial charge in [0.25, 0.3) is 0 Å². The largest absolute Gasteiger partial charge is 0.461 e. The van der Waals surface area contributed by atoms with Crippen LogP contribution in [0.4, 0.5) is 0 Å². The van der Waals surface area contributed by atoms with Gasteiger partial charge in [-0.3, -0.25) is 9.59 Å². The number of carbonyl (C=O) groups excluding carboxylic acids is 2. The van der Waals surface area contributed by atoms with Crippen LogP contribution in [0.3, 0.4) is 0 Å². The van der Waals surface area contributed by atoms with Gasteiger partial charge >= 0.3 is 11.9 Å². The Morgan fingerprint density at radius 2 is 1.07 bits per heavy atom. The number of allylic oxidation sites excluding steroid dienone is 2. The average Bonchev–Trinajstić information content (AvgIpc) is 3.01. The number of nitrogens with zero attached hydrogens (tertiary/aromatic N) is 1. The summed E-state index contributed by atoms with van der Waals surface area (Å²) in [7, 11) is 4.14. The van der Waals surface area contributed by atoms with Crippen molar-refractivity contribution >= 4 is 11.9 Å². The number of unbranched alkanes of at least 4 members (excludes halogenated alkanes) is 14. The second-order valence-electron chi connectivity index (χ2n) is 12.5. The van der Waals surface area contributed by atoms with Gasteiger partial charge in [0, 0.05) is 39.2 Å². The molecule has 0 aliphatic rings. The summed E-state index contributed by atoms with van der Waals surface area (Å²) in [5, 5.41) is 0. The number of esters is 2. The van der Waals surface area contributed by atoms with Gasteiger partial charge in [-0.15, -0.1) is 0 Å². The molecule has 0 aromatic rings. The summed E-state index contributed by atoms with van der Waals surface area (Å²) in [6.07, 6.45) is 30.4. The lowest BCUT2D eigenvalue weighted by molar-refractivity contribution is -0.143. The Bertz CT molecular complexity index is 708. The third kappa shape index (κ3) is 35.0. The summed E-state index contributed by atoms with van der Waals surface area (Å²) in [5.41, 5.74) is 0. The minimum absolute atomic E-state index is 0.0965. The van der Waals surface area contributed by atoms with Crippen LogP contribution in [0.1, 0.15) is 149 Å². The molecule has 0 aliphatic heterocycles. The van der Waals surface area contributed by atoms with Crippen molar-refractivity contribution in [2.75, 3.05) is 53.7 Å². The Hall–Kier alpha value is -1.70. The Labute approximate surface area is 277 Å². The van der Waals surface area contributed by atoms with E-state index in [4.69, 9.17) is 18.9 Å². The maximum Gasteiger partial charge on any atom is 0.306 e. The quantitative estimate of drug-likeness (QED) is 0.0395. The van der Waals surface area contributed by atoms with E-state index < -0.39 is 0 Å². The zero-order valence-electron chi connectivity index (χ0n) is 29.9. The van der Waals surface area contributed by atoms with E-state index in [-0.39, 0.29) is 18.0 Å². The molecular weight excluding hydrogens is 566 g/mol. The van der Waals surface area contributed by atoms with E-state index >= 15 is 0 Å². The lowest BCUT2D eigenvalue weighted by Gasteiger charge is -2.21. The first kappa shape index (κ1) is 43.3. The molecule has 1 atom stereocenters. The highest BCUT2D eigenvalue weighted by Gasteiger charge is 2.11. The van der Waals surface area contributed by atoms with Crippen LogP contribution in [-0.4, -0.2) is 76.6 Å². The summed E-state index contributed by atoms with van der Waals surface area (Å²) in [6, 6.07) is 0. The molecule has 0 radical (unpaired) electrons. The summed E-state index contributed by atoms with van der Waals surface area (Å²) in [4.78, 5) is 25.9. The van der Waals surface area contributed by atoms with Gasteiger partial charge < -0.3 is 23.8 Å². The molecule has 0 bridgehead atoms. The highest BCUT2D eigenvalue weighted by molar-refractivity contribution is 5.69. The van der Waals surface area contributed by atoms with Gasteiger partial charge in [-0.1, -0.05) is 102 Å². The monoisotopic (exact) mass is 638 g/mol. The molecule has 7 nitrogen and oxygen atoms in total. The van der Waals surface area contributed by atoms with Crippen molar-refractivity contribution in [1.82, 2.24) is 4.90 Å². The number of ether oxygens (including phenoxy) is 4. The molecule has 0 aromatic heterocycles. The number of hydrogen-bond donors (Lipinski definition) is 0. The fraction of sp³-hybridized carbons (Fsp3) is 0.842. The third-order valence-electron chi connectivity index (χ3n) is 7.66. The smallest absolute Gasteiger partial charge is 0.306 e. The van der Waals surface area contributed by atoms with Crippen LogP contribution in [0, 0.1) is 0 Å². The van der Waals surface area contributed by atoms with Crippen LogP contribution in [0.2, 0.25) is 0 Å². The van der Waals surface area contributed by atoms with Gasteiger partial charge in [-0.05, 0) is 71.9 Å². The molecule has 0 amide bonds. The Kier molecular flexibility index (Phi) is 33.8. The zero-order chi connectivity index (χ0) is 33.1. The van der Waals surface area contributed by atoms with Crippen LogP contribution in [-0.2, 0) is 28.5 Å². The number of carbonyl (C=O) groups is 2. The van der Waals surface area contributed by atoms with E-state index in [1.165, 1.54) is 51.4 Å². The molecule has 1 unspecified atom stereocenters. The van der Waals surface area contributed by atoms with E-state index in [0.717, 1.165) is 90.4 Å². The number of likely N-dealkylation sites (N-methyl/N-ethyl adjacent to an activating group) is 1. The average molecular weight is 638 g/mol. The highest BCUT2D eigenvalue weighted by atomic mass is 16.5. The van der Waals surface area contributed by atoms with Crippen LogP contribution >= 0.6 is 0 Å². The second-order valence-corrected chi connectivity index (χ2v) is 12.5. The van der Waals surface area contributed by atoms with Gasteiger partial charge in [0.2, 0.25) is 0 Å². The molecule has 0 spiro atoms. The minimum atomic E-state index is -0.0974. The lowest BCUT2D eigenvalue weighted by atomic mass is 10.1. The molecule has 0 N–H and O–H groups in total. The molecule has 0 saturated heterocycles. The number of rotatable bonds is 34. The SMILES string of the molecule is CCCCCCC=CCOC(=O)CCCCCCOCCC(CN(C)C)OCCCCCCC(=O)OCC=CCCCCCC. The molecule has 7 heteroatoms. The molecule has 0 heterocycles. The molecule has 0 saturated carbocycles. The normalized spacial score (nSPS) is 12.5. The van der Waals surface area contributed by atoms with Crippen molar-refractivity contribution in [3.63, 3.8) is 0 Å². The zero-order valence-corrected chi connectivity index (χ0v) is 29.9. The maximum atomic E-state index is 11.9. The van der Waals surface area contributed by atoms with Crippen LogP contribution < -0.4 is 0 Å². The molecule has 264 valence electrons. The van der Waals surface area contributed by atoms with Gasteiger partial charge in [0.1, 0.15) is 13.2 Å². The third-order valence-corrected chi connectivity index (χ3v) is 7.66. The second kappa shape index (κ2) is 35.2. The molecule has 0 aromatic carbocycles. The van der Waals surface area contributed by atoms with Crippen molar-refractivity contribution < 1.29 is 28.5 Å². The van der Waals surface area contributed by atoms with Crippen molar-refractivity contribution in [3.8, 4) is 0 Å². The lowest BCUT2D eigenvalue weighted by Crippen LogP contribution is -2.30. The fourth-order valence-corrected chi connectivity index (χ4v) is 4.93. The molecule has 0 aliphatic carbocycles. The van der Waals surface area contributed by atoms with Crippen molar-refractivity contribution in [2.24, 2.45) is 0 Å². The number of hydrogen-bond acceptors (Lipinski definition) is 7. The minimum Gasteiger partial charge on any atom is -0.461 e. The van der Waals surface area contributed by atoms with Crippen molar-refractivity contribution in [3.05, 3.63) is 24.3 Å². The Morgan fingerprint density at radius 1 is 0.578 bits per heavy atom. The summed E-state index contributed by atoms with van der Waals surface area (Å²) >= 11 is 0. The molecule has 45 heavy (non-hydrogen) atoms. The fourth-order valence-electron chi connectivity index (χ4n) is 4.93. The summed E-state index contributed by atoms with van der Waals surface area (Å²) in [5.74, 6) is -0.194. The van der Waals surface area contributed by atoms with Gasteiger partial charge in [0.15, 0.2) is 0 Å². The first-order valence-electron chi connectivity index (χ1n) is 18.4. The molecule has 0 fully saturated rings. The van der Waals surface area contributed by atoms with Crippen LogP contribution in [0.5, 0.6) is 0 Å². The predicted molar refractivity (Wildman–Crippen MR) is 188 cm³/mol. The van der Waals surface area contributed by atoms with E-state index in [1.54, 1.807) is 0 Å². The Morgan fingerprint density at radius 3 is 1.58 bits per heavy atom. The molecule has 0 rings (SSSR count). The first-order valence-corrected chi connectivity index (χ1v) is 18.4. The predicted octanol–water partition coefficient (Wildman–Crippen LogP) is 9.38. The van der Waals surface area contributed by atoms with Crippen molar-refractivity contribution in [1.29, 1.82) is 0 Å². The van der Waals surface area contributed by atoms with Gasteiger partial charge in [-0.2, -0.15) is 0 Å². The maximum absolute atomic E-state index is 11.9. The summed E-state index contributed by atoms with van der Waals surface area (Å²) in [6.45, 7) is 8.30.